The van der Waals surface area contributed by atoms with Gasteiger partial charge < -0.3 is 0 Å². The van der Waals surface area contributed by atoms with E-state index in [1.165, 1.54) is 6.26 Å². The number of H-pyrrole nitrogens is 1. The molecule has 0 aliphatic rings. The predicted octanol–water partition coefficient (Wildman–Crippen LogP) is 2.98. The number of aromatic nitrogens is 6. The quantitative estimate of drug-likeness (QED) is 0.495. The number of nitrogens with zero attached hydrogens (tertiary/aromatic N) is 5. The molecule has 3 heterocycles. The fraction of sp³-hybridized carbons (Fsp3) is 0.100. The number of benzene rings is 2. The monoisotopic (exact) mass is 404 g/mol. The molecular formula is C20H16N6O2S. The number of rotatable bonds is 3. The van der Waals surface area contributed by atoms with Gasteiger partial charge >= 0.3 is 0 Å². The molecule has 144 valence electrons. The summed E-state index contributed by atoms with van der Waals surface area (Å²) < 4.78 is 25.7. The molecule has 5 rings (SSSR count). The number of sulfone groups is 1. The molecule has 0 saturated heterocycles. The molecule has 0 atom stereocenters. The molecule has 3 aromatic heterocycles. The van der Waals surface area contributed by atoms with Crippen LogP contribution in [0.3, 0.4) is 0 Å². The first-order valence-electron chi connectivity index (χ1n) is 8.84. The van der Waals surface area contributed by atoms with Crippen LogP contribution >= 0.6 is 0 Å². The normalized spacial score (nSPS) is 12.1. The van der Waals surface area contributed by atoms with Crippen LogP contribution in [0.1, 0.15) is 0 Å². The van der Waals surface area contributed by atoms with Gasteiger partial charge in [0.15, 0.2) is 21.3 Å². The Hall–Kier alpha value is -3.59. The summed E-state index contributed by atoms with van der Waals surface area (Å²) >= 11 is 0. The fourth-order valence-electron chi connectivity index (χ4n) is 3.40. The van der Waals surface area contributed by atoms with Crippen LogP contribution < -0.4 is 0 Å². The molecule has 0 spiro atoms. The molecule has 1 N–H and O–H groups in total. The topological polar surface area (TPSA) is 106 Å². The second-order valence-electron chi connectivity index (χ2n) is 6.84. The molecule has 5 aromatic rings. The van der Waals surface area contributed by atoms with E-state index in [1.54, 1.807) is 35.3 Å². The SMILES string of the molecule is Cn1ncc2c(-c3cccc(S(C)(=O)=O)c3)nc(-c3cccc4[nH]ncc34)nc21. The van der Waals surface area contributed by atoms with Gasteiger partial charge in [0.2, 0.25) is 0 Å². The van der Waals surface area contributed by atoms with E-state index >= 15 is 0 Å². The fourth-order valence-corrected chi connectivity index (χ4v) is 4.07. The third-order valence-corrected chi connectivity index (χ3v) is 5.96. The van der Waals surface area contributed by atoms with E-state index in [9.17, 15) is 8.42 Å². The van der Waals surface area contributed by atoms with Crippen LogP contribution in [0.25, 0.3) is 44.6 Å². The van der Waals surface area contributed by atoms with Crippen molar-refractivity contribution in [1.29, 1.82) is 0 Å². The van der Waals surface area contributed by atoms with Crippen molar-refractivity contribution in [3.63, 3.8) is 0 Å². The molecule has 0 bridgehead atoms. The van der Waals surface area contributed by atoms with Gasteiger partial charge in [-0.25, -0.2) is 18.4 Å². The highest BCUT2D eigenvalue weighted by molar-refractivity contribution is 7.90. The zero-order valence-corrected chi connectivity index (χ0v) is 16.5. The Morgan fingerprint density at radius 3 is 2.66 bits per heavy atom. The van der Waals surface area contributed by atoms with Crippen molar-refractivity contribution in [3.05, 3.63) is 54.9 Å². The summed E-state index contributed by atoms with van der Waals surface area (Å²) in [6.45, 7) is 0. The summed E-state index contributed by atoms with van der Waals surface area (Å²) in [5.74, 6) is 0.521. The summed E-state index contributed by atoms with van der Waals surface area (Å²) in [6, 6.07) is 12.5. The average Bonchev–Trinajstić information content (AvgIpc) is 3.33. The molecule has 0 aliphatic heterocycles. The third-order valence-electron chi connectivity index (χ3n) is 4.85. The number of hydrogen-bond acceptors (Lipinski definition) is 6. The highest BCUT2D eigenvalue weighted by atomic mass is 32.2. The molecule has 0 amide bonds. The highest BCUT2D eigenvalue weighted by Crippen LogP contribution is 2.32. The van der Waals surface area contributed by atoms with E-state index in [2.05, 4.69) is 15.3 Å². The first-order valence-corrected chi connectivity index (χ1v) is 10.7. The van der Waals surface area contributed by atoms with Crippen molar-refractivity contribution >= 4 is 31.8 Å². The lowest BCUT2D eigenvalue weighted by atomic mass is 10.1. The number of aryl methyl sites for hydroxylation is 1. The van der Waals surface area contributed by atoms with Gasteiger partial charge in [0.1, 0.15) is 0 Å². The van der Waals surface area contributed by atoms with Gasteiger partial charge in [-0.15, -0.1) is 0 Å². The van der Waals surface area contributed by atoms with Crippen LogP contribution in [0.4, 0.5) is 0 Å². The highest BCUT2D eigenvalue weighted by Gasteiger charge is 2.17. The Kier molecular flexibility index (Phi) is 3.75. The minimum Gasteiger partial charge on any atom is -0.278 e. The molecule has 9 heteroatoms. The van der Waals surface area contributed by atoms with Gasteiger partial charge in [0.25, 0.3) is 0 Å². The molecule has 0 fully saturated rings. The van der Waals surface area contributed by atoms with Crippen molar-refractivity contribution < 1.29 is 8.42 Å². The Labute approximate surface area is 166 Å². The molecular weight excluding hydrogens is 388 g/mol. The Morgan fingerprint density at radius 1 is 1.00 bits per heavy atom. The summed E-state index contributed by atoms with van der Waals surface area (Å²) in [7, 11) is -1.53. The minimum absolute atomic E-state index is 0.240. The molecule has 0 saturated carbocycles. The van der Waals surface area contributed by atoms with Crippen LogP contribution in [0.2, 0.25) is 0 Å². The van der Waals surface area contributed by atoms with Crippen LogP contribution in [0.5, 0.6) is 0 Å². The maximum Gasteiger partial charge on any atom is 0.175 e. The van der Waals surface area contributed by atoms with Crippen molar-refractivity contribution in [2.24, 2.45) is 7.05 Å². The summed E-state index contributed by atoms with van der Waals surface area (Å²) in [5.41, 5.74) is 3.70. The number of fused-ring (bicyclic) bond motifs is 2. The Morgan fingerprint density at radius 2 is 1.83 bits per heavy atom. The predicted molar refractivity (Wildman–Crippen MR) is 110 cm³/mol. The first-order chi connectivity index (χ1) is 13.9. The van der Waals surface area contributed by atoms with Crippen LogP contribution in [0, 0.1) is 0 Å². The zero-order valence-electron chi connectivity index (χ0n) is 15.7. The van der Waals surface area contributed by atoms with Gasteiger partial charge in [-0.3, -0.25) is 9.78 Å². The van der Waals surface area contributed by atoms with Crippen LogP contribution in [-0.2, 0) is 16.9 Å². The lowest BCUT2D eigenvalue weighted by Crippen LogP contribution is -2.00. The van der Waals surface area contributed by atoms with E-state index in [1.807, 2.05) is 31.3 Å². The number of hydrogen-bond donors (Lipinski definition) is 1. The maximum absolute atomic E-state index is 12.0. The molecule has 0 radical (unpaired) electrons. The van der Waals surface area contributed by atoms with Crippen LogP contribution in [0.15, 0.2) is 59.8 Å². The molecule has 0 unspecified atom stereocenters. The van der Waals surface area contributed by atoms with Crippen LogP contribution in [-0.4, -0.2) is 44.6 Å². The maximum atomic E-state index is 12.0. The lowest BCUT2D eigenvalue weighted by Gasteiger charge is -2.09. The third kappa shape index (κ3) is 2.87. The second kappa shape index (κ2) is 6.21. The van der Waals surface area contributed by atoms with Gasteiger partial charge in [0, 0.05) is 29.8 Å². The molecule has 29 heavy (non-hydrogen) atoms. The zero-order chi connectivity index (χ0) is 20.2. The number of aromatic amines is 1. The van der Waals surface area contributed by atoms with E-state index in [0.717, 1.165) is 21.9 Å². The van der Waals surface area contributed by atoms with E-state index in [-0.39, 0.29) is 4.90 Å². The van der Waals surface area contributed by atoms with Gasteiger partial charge in [-0.2, -0.15) is 10.2 Å². The van der Waals surface area contributed by atoms with Crippen molar-refractivity contribution in [3.8, 4) is 22.6 Å². The average molecular weight is 404 g/mol. The summed E-state index contributed by atoms with van der Waals surface area (Å²) in [4.78, 5) is 9.77. The Bertz CT molecular complexity index is 1500. The second-order valence-corrected chi connectivity index (χ2v) is 8.85. The van der Waals surface area contributed by atoms with E-state index in [4.69, 9.17) is 9.97 Å². The Balaban J connectivity index is 1.82. The summed E-state index contributed by atoms with van der Waals surface area (Å²) in [6.07, 6.45) is 4.63. The van der Waals surface area contributed by atoms with Crippen molar-refractivity contribution in [1.82, 2.24) is 29.9 Å². The van der Waals surface area contributed by atoms with Gasteiger partial charge in [-0.1, -0.05) is 24.3 Å². The van der Waals surface area contributed by atoms with Crippen molar-refractivity contribution in [2.45, 2.75) is 4.90 Å². The van der Waals surface area contributed by atoms with E-state index in [0.29, 0.717) is 22.7 Å². The first kappa shape index (κ1) is 17.5. The lowest BCUT2D eigenvalue weighted by molar-refractivity contribution is 0.602. The van der Waals surface area contributed by atoms with Gasteiger partial charge in [0.05, 0.1) is 33.9 Å². The summed E-state index contributed by atoms with van der Waals surface area (Å²) in [5, 5.41) is 13.0. The number of nitrogens with one attached hydrogen (secondary N) is 1. The smallest absolute Gasteiger partial charge is 0.175 e. The minimum atomic E-state index is -3.34. The largest absolute Gasteiger partial charge is 0.278 e. The molecule has 8 nitrogen and oxygen atoms in total. The molecule has 0 aliphatic carbocycles. The molecule has 2 aromatic carbocycles. The van der Waals surface area contributed by atoms with Gasteiger partial charge in [-0.05, 0) is 18.2 Å². The standard InChI is InChI=1S/C20H16N6O2S/c1-26-20-16(11-22-26)18(12-5-3-6-13(9-12)29(2,27)28)23-19(24-20)14-7-4-8-17-15(14)10-21-25-17/h3-11H,1-2H3,(H,21,25). The van der Waals surface area contributed by atoms with Crippen molar-refractivity contribution in [2.75, 3.05) is 6.26 Å². The van der Waals surface area contributed by atoms with E-state index < -0.39 is 9.84 Å².